The van der Waals surface area contributed by atoms with Gasteiger partial charge < -0.3 is 0 Å². The maximum atomic E-state index is 12.4. The maximum Gasteiger partial charge on any atom is 0.416 e. The second-order valence-corrected chi connectivity index (χ2v) is 3.68. The minimum atomic E-state index is -4.25. The smallest absolute Gasteiger partial charge is 0.166 e. The average molecular weight is 214 g/mol. The first kappa shape index (κ1) is 11.8. The van der Waals surface area contributed by atoms with Gasteiger partial charge in [-0.05, 0) is 31.9 Å². The van der Waals surface area contributed by atoms with Crippen LogP contribution in [-0.4, -0.2) is 0 Å². The van der Waals surface area contributed by atoms with Gasteiger partial charge in [0, 0.05) is 0 Å². The molecule has 1 rings (SSSR count). The molecule has 0 aliphatic rings. The highest BCUT2D eigenvalue weighted by Gasteiger charge is 2.30. The third-order valence-corrected chi connectivity index (χ3v) is 2.00. The molecule has 0 nitrogen and oxygen atoms in total. The Morgan fingerprint density at radius 1 is 1.27 bits per heavy atom. The number of alkyl halides is 3. The Labute approximate surface area is 87.4 Å². The summed E-state index contributed by atoms with van der Waals surface area (Å²) < 4.78 is 37.1. The van der Waals surface area contributed by atoms with Crippen LogP contribution in [0.15, 0.2) is 35.9 Å². The molecule has 0 amide bonds. The van der Waals surface area contributed by atoms with Crippen LogP contribution in [0.25, 0.3) is 0 Å². The summed E-state index contributed by atoms with van der Waals surface area (Å²) in [5, 5.41) is 0. The molecule has 15 heavy (non-hydrogen) atoms. The van der Waals surface area contributed by atoms with E-state index in [1.165, 1.54) is 12.1 Å². The van der Waals surface area contributed by atoms with Crippen LogP contribution in [0, 0.1) is 0 Å². The molecule has 0 aliphatic carbocycles. The van der Waals surface area contributed by atoms with Gasteiger partial charge in [0.05, 0.1) is 5.56 Å². The summed E-state index contributed by atoms with van der Waals surface area (Å²) in [7, 11) is 0. The fourth-order valence-corrected chi connectivity index (χ4v) is 1.20. The summed E-state index contributed by atoms with van der Waals surface area (Å²) in [5.74, 6) is 0. The highest BCUT2D eigenvalue weighted by molar-refractivity contribution is 5.27. The molecule has 0 saturated heterocycles. The summed E-state index contributed by atoms with van der Waals surface area (Å²) in [4.78, 5) is 0. The third kappa shape index (κ3) is 3.78. The van der Waals surface area contributed by atoms with Gasteiger partial charge in [-0.25, -0.2) is 0 Å². The van der Waals surface area contributed by atoms with Gasteiger partial charge in [-0.3, -0.25) is 0 Å². The fourth-order valence-electron chi connectivity index (χ4n) is 1.20. The normalized spacial score (nSPS) is 11.3. The number of halogens is 3. The molecule has 0 unspecified atom stereocenters. The maximum absolute atomic E-state index is 12.4. The molecule has 0 fully saturated rings. The predicted molar refractivity (Wildman–Crippen MR) is 54.6 cm³/mol. The summed E-state index contributed by atoms with van der Waals surface area (Å²) in [5.41, 5.74) is 1.21. The summed E-state index contributed by atoms with van der Waals surface area (Å²) in [6.45, 7) is 3.85. The van der Waals surface area contributed by atoms with Crippen molar-refractivity contribution in [2.75, 3.05) is 0 Å². The molecule has 0 heterocycles. The van der Waals surface area contributed by atoms with Crippen LogP contribution >= 0.6 is 0 Å². The van der Waals surface area contributed by atoms with Gasteiger partial charge in [0.25, 0.3) is 0 Å². The summed E-state index contributed by atoms with van der Waals surface area (Å²) in [6.07, 6.45) is -1.79. The van der Waals surface area contributed by atoms with Crippen LogP contribution < -0.4 is 0 Å². The van der Waals surface area contributed by atoms with Crippen molar-refractivity contribution in [3.8, 4) is 0 Å². The molecule has 3 heteroatoms. The van der Waals surface area contributed by atoms with E-state index < -0.39 is 11.7 Å². The summed E-state index contributed by atoms with van der Waals surface area (Å²) in [6, 6.07) is 5.43. The van der Waals surface area contributed by atoms with E-state index in [4.69, 9.17) is 0 Å². The highest BCUT2D eigenvalue weighted by Crippen LogP contribution is 2.29. The van der Waals surface area contributed by atoms with E-state index in [9.17, 15) is 13.2 Å². The SMILES string of the molecule is CC(C)=CCc1cccc(C(F)(F)F)c1. The first-order valence-electron chi connectivity index (χ1n) is 4.69. The van der Waals surface area contributed by atoms with Crippen molar-refractivity contribution >= 4 is 0 Å². The van der Waals surface area contributed by atoms with Gasteiger partial charge in [-0.15, -0.1) is 0 Å². The Kier molecular flexibility index (Phi) is 3.56. The first-order chi connectivity index (χ1) is 6.89. The molecular weight excluding hydrogens is 201 g/mol. The zero-order valence-electron chi connectivity index (χ0n) is 8.73. The highest BCUT2D eigenvalue weighted by atomic mass is 19.4. The average Bonchev–Trinajstić information content (AvgIpc) is 2.14. The quantitative estimate of drug-likeness (QED) is 0.647. The Bertz CT molecular complexity index is 357. The van der Waals surface area contributed by atoms with Crippen molar-refractivity contribution in [2.45, 2.75) is 26.4 Å². The number of allylic oxidation sites excluding steroid dienone is 2. The zero-order chi connectivity index (χ0) is 11.5. The van der Waals surface area contributed by atoms with E-state index in [1.54, 1.807) is 6.07 Å². The Hall–Kier alpha value is -1.25. The Morgan fingerprint density at radius 3 is 2.47 bits per heavy atom. The lowest BCUT2D eigenvalue weighted by atomic mass is 10.1. The standard InChI is InChI=1S/C12H13F3/c1-9(2)6-7-10-4-3-5-11(8-10)12(13,14)15/h3-6,8H,7H2,1-2H3. The van der Waals surface area contributed by atoms with Crippen LogP contribution in [0.1, 0.15) is 25.0 Å². The largest absolute Gasteiger partial charge is 0.416 e. The van der Waals surface area contributed by atoms with Crippen LogP contribution in [-0.2, 0) is 12.6 Å². The van der Waals surface area contributed by atoms with Crippen LogP contribution in [0.4, 0.5) is 13.2 Å². The van der Waals surface area contributed by atoms with Gasteiger partial charge in [-0.2, -0.15) is 13.2 Å². The lowest BCUT2D eigenvalue weighted by Gasteiger charge is -2.07. The Morgan fingerprint density at radius 2 is 1.93 bits per heavy atom. The van der Waals surface area contributed by atoms with Crippen molar-refractivity contribution in [3.05, 3.63) is 47.0 Å². The minimum absolute atomic E-state index is 0.548. The van der Waals surface area contributed by atoms with Crippen LogP contribution in [0.3, 0.4) is 0 Å². The molecule has 0 radical (unpaired) electrons. The number of hydrogen-bond acceptors (Lipinski definition) is 0. The molecule has 1 aromatic rings. The minimum Gasteiger partial charge on any atom is -0.166 e. The van der Waals surface area contributed by atoms with E-state index in [0.717, 1.165) is 11.6 Å². The lowest BCUT2D eigenvalue weighted by Crippen LogP contribution is -2.04. The van der Waals surface area contributed by atoms with Crippen molar-refractivity contribution in [2.24, 2.45) is 0 Å². The molecule has 1 aromatic carbocycles. The summed E-state index contributed by atoms with van der Waals surface area (Å²) >= 11 is 0. The van der Waals surface area contributed by atoms with Crippen molar-refractivity contribution in [3.63, 3.8) is 0 Å². The third-order valence-electron chi connectivity index (χ3n) is 2.00. The van der Waals surface area contributed by atoms with E-state index in [0.29, 0.717) is 12.0 Å². The van der Waals surface area contributed by atoms with E-state index >= 15 is 0 Å². The molecule has 0 aromatic heterocycles. The topological polar surface area (TPSA) is 0 Å². The van der Waals surface area contributed by atoms with Crippen LogP contribution in [0.5, 0.6) is 0 Å². The van der Waals surface area contributed by atoms with Gasteiger partial charge in [-0.1, -0.05) is 29.8 Å². The molecule has 0 spiro atoms. The fraction of sp³-hybridized carbons (Fsp3) is 0.333. The van der Waals surface area contributed by atoms with Gasteiger partial charge in [0.2, 0.25) is 0 Å². The second kappa shape index (κ2) is 4.51. The molecule has 0 N–H and O–H groups in total. The van der Waals surface area contributed by atoms with Gasteiger partial charge in [0.1, 0.15) is 0 Å². The van der Waals surface area contributed by atoms with E-state index in [2.05, 4.69) is 0 Å². The van der Waals surface area contributed by atoms with E-state index in [1.807, 2.05) is 19.9 Å². The monoisotopic (exact) mass is 214 g/mol. The zero-order valence-corrected chi connectivity index (χ0v) is 8.73. The molecule has 82 valence electrons. The molecule has 0 saturated carbocycles. The molecule has 0 atom stereocenters. The van der Waals surface area contributed by atoms with Crippen molar-refractivity contribution in [1.29, 1.82) is 0 Å². The first-order valence-corrected chi connectivity index (χ1v) is 4.69. The van der Waals surface area contributed by atoms with Gasteiger partial charge >= 0.3 is 6.18 Å². The van der Waals surface area contributed by atoms with Gasteiger partial charge in [0.15, 0.2) is 0 Å². The van der Waals surface area contributed by atoms with E-state index in [-0.39, 0.29) is 0 Å². The van der Waals surface area contributed by atoms with Crippen molar-refractivity contribution in [1.82, 2.24) is 0 Å². The number of hydrogen-bond donors (Lipinski definition) is 0. The number of rotatable bonds is 2. The molecule has 0 bridgehead atoms. The van der Waals surface area contributed by atoms with Crippen LogP contribution in [0.2, 0.25) is 0 Å². The Balaban J connectivity index is 2.89. The lowest BCUT2D eigenvalue weighted by molar-refractivity contribution is -0.137. The molecule has 0 aliphatic heterocycles. The number of benzene rings is 1. The van der Waals surface area contributed by atoms with Crippen molar-refractivity contribution < 1.29 is 13.2 Å². The second-order valence-electron chi connectivity index (χ2n) is 3.68. The predicted octanol–water partition coefficient (Wildman–Crippen LogP) is 4.21. The molecular formula is C12H13F3.